The third-order valence-electron chi connectivity index (χ3n) is 5.48. The molecule has 4 aromatic heterocycles. The molecule has 0 saturated heterocycles. The molecule has 0 aliphatic heterocycles. The molecular weight excluding hydrogens is 569 g/mol. The van der Waals surface area contributed by atoms with Crippen LogP contribution in [-0.2, 0) is 0 Å². The molecule has 0 radical (unpaired) electrons. The number of nitrogens with one attached hydrogen (secondary N) is 2. The number of aromatic nitrogens is 2. The molecule has 8 nitrogen and oxygen atoms in total. The number of halogens is 1. The van der Waals surface area contributed by atoms with Crippen LogP contribution in [-0.4, -0.2) is 34.4 Å². The summed E-state index contributed by atoms with van der Waals surface area (Å²) in [5.41, 5.74) is 3.02. The molecule has 0 bridgehead atoms. The second-order valence-electron chi connectivity index (χ2n) is 7.99. The van der Waals surface area contributed by atoms with Crippen LogP contribution in [0.4, 0.5) is 10.1 Å². The number of para-hydroxylation sites is 2. The number of aromatic amines is 1. The van der Waals surface area contributed by atoms with Crippen molar-refractivity contribution >= 4 is 50.8 Å². The van der Waals surface area contributed by atoms with Crippen LogP contribution >= 0.6 is 11.3 Å². The van der Waals surface area contributed by atoms with E-state index >= 15 is 0 Å². The van der Waals surface area contributed by atoms with E-state index in [9.17, 15) is 19.1 Å². The second kappa shape index (κ2) is 17.1. The van der Waals surface area contributed by atoms with Gasteiger partial charge in [0.2, 0.25) is 0 Å². The van der Waals surface area contributed by atoms with Gasteiger partial charge in [-0.1, -0.05) is 70.2 Å². The third-order valence-corrected chi connectivity index (χ3v) is 6.47. The lowest BCUT2D eigenvalue weighted by molar-refractivity contribution is 0.0699. The van der Waals surface area contributed by atoms with E-state index in [-0.39, 0.29) is 17.0 Å². The second-order valence-corrected chi connectivity index (χ2v) is 8.87. The molecule has 0 unspecified atom stereocenters. The molecule has 0 saturated carbocycles. The molecule has 0 fully saturated rings. The van der Waals surface area contributed by atoms with E-state index in [1.54, 1.807) is 42.0 Å². The minimum Gasteiger partial charge on any atom is -0.478 e. The zero-order valence-electron chi connectivity index (χ0n) is 25.0. The Hall–Kier alpha value is -4.96. The van der Waals surface area contributed by atoms with Crippen LogP contribution < -0.4 is 5.32 Å². The number of rotatable bonds is 5. The van der Waals surface area contributed by atoms with Crippen LogP contribution in [0.1, 0.15) is 55.5 Å². The number of H-pyrrole nitrogens is 1. The Morgan fingerprint density at radius 2 is 1.70 bits per heavy atom. The Morgan fingerprint density at radius 1 is 1.02 bits per heavy atom. The first-order valence-electron chi connectivity index (χ1n) is 13.6. The number of furan rings is 2. The van der Waals surface area contributed by atoms with E-state index in [2.05, 4.69) is 22.1 Å². The van der Waals surface area contributed by atoms with Crippen molar-refractivity contribution in [2.24, 2.45) is 0 Å². The SMILES string of the molecule is C=CC.CC.CC.CF.O=C(Nc1csc(-c2cc3cccc(-c4cn[nH]c4)c3o2)c1C(=O)O)c1cc2ccccc2o1. The maximum absolute atomic E-state index is 12.8. The number of carbonyl (C=O) groups excluding carboxylic acids is 1. The summed E-state index contributed by atoms with van der Waals surface area (Å²) in [6, 6.07) is 16.4. The average Bonchev–Trinajstić information content (AvgIpc) is 3.85. The van der Waals surface area contributed by atoms with Crippen molar-refractivity contribution < 1.29 is 27.9 Å². The molecule has 43 heavy (non-hydrogen) atoms. The normalized spacial score (nSPS) is 9.65. The quantitative estimate of drug-likeness (QED) is 0.168. The van der Waals surface area contributed by atoms with E-state index in [0.717, 1.165) is 21.9 Å². The fourth-order valence-electron chi connectivity index (χ4n) is 3.92. The molecule has 226 valence electrons. The van der Waals surface area contributed by atoms with E-state index in [1.165, 1.54) is 11.3 Å². The number of nitrogens with zero attached hydrogens (tertiary/aromatic N) is 1. The van der Waals surface area contributed by atoms with Gasteiger partial charge < -0.3 is 19.3 Å². The van der Waals surface area contributed by atoms with Crippen LogP contribution in [0.15, 0.2) is 93.9 Å². The number of alkyl halides is 1. The van der Waals surface area contributed by atoms with Gasteiger partial charge in [-0.15, -0.1) is 17.9 Å². The molecule has 0 spiro atoms. The smallest absolute Gasteiger partial charge is 0.339 e. The molecule has 6 rings (SSSR count). The number of carboxylic acids is 1. The lowest BCUT2D eigenvalue weighted by Gasteiger charge is -2.03. The molecule has 4 heterocycles. The molecule has 3 N–H and O–H groups in total. The van der Waals surface area contributed by atoms with Crippen LogP contribution in [0.3, 0.4) is 0 Å². The number of hydrogen-bond acceptors (Lipinski definition) is 6. The fraction of sp³-hybridized carbons (Fsp3) is 0.182. The Morgan fingerprint density at radius 3 is 2.33 bits per heavy atom. The maximum atomic E-state index is 12.8. The zero-order chi connectivity index (χ0) is 31.9. The predicted octanol–water partition coefficient (Wildman–Crippen LogP) is 10.1. The first-order chi connectivity index (χ1) is 21.0. The van der Waals surface area contributed by atoms with Crippen LogP contribution in [0.2, 0.25) is 0 Å². The van der Waals surface area contributed by atoms with Gasteiger partial charge in [-0.3, -0.25) is 14.3 Å². The highest BCUT2D eigenvalue weighted by atomic mass is 32.1. The molecule has 0 atom stereocenters. The van der Waals surface area contributed by atoms with Crippen molar-refractivity contribution in [1.29, 1.82) is 0 Å². The molecule has 1 amide bonds. The van der Waals surface area contributed by atoms with Gasteiger partial charge in [-0.25, -0.2) is 4.79 Å². The van der Waals surface area contributed by atoms with Gasteiger partial charge in [0.1, 0.15) is 22.5 Å². The maximum Gasteiger partial charge on any atom is 0.339 e. The lowest BCUT2D eigenvalue weighted by Crippen LogP contribution is -2.13. The summed E-state index contributed by atoms with van der Waals surface area (Å²) in [6.07, 6.45) is 5.20. The fourth-order valence-corrected chi connectivity index (χ4v) is 4.87. The molecule has 6 aromatic rings. The molecule has 10 heteroatoms. The summed E-state index contributed by atoms with van der Waals surface area (Å²) in [5, 5.41) is 22.6. The van der Waals surface area contributed by atoms with Crippen LogP contribution in [0, 0.1) is 0 Å². The number of amides is 1. The zero-order valence-corrected chi connectivity index (χ0v) is 25.8. The lowest BCUT2D eigenvalue weighted by atomic mass is 10.1. The first-order valence-corrected chi connectivity index (χ1v) is 14.5. The van der Waals surface area contributed by atoms with E-state index in [4.69, 9.17) is 8.83 Å². The van der Waals surface area contributed by atoms with Crippen molar-refractivity contribution in [3.8, 4) is 21.8 Å². The molecule has 0 aliphatic carbocycles. The highest BCUT2D eigenvalue weighted by Crippen LogP contribution is 2.41. The summed E-state index contributed by atoms with van der Waals surface area (Å²) in [5.74, 6) is -1.21. The number of aromatic carboxylic acids is 1. The van der Waals surface area contributed by atoms with E-state index in [1.807, 2.05) is 71.0 Å². The number of carbonyl (C=O) groups is 2. The number of benzene rings is 2. The topological polar surface area (TPSA) is 121 Å². The van der Waals surface area contributed by atoms with E-state index < -0.39 is 11.9 Å². The number of allylic oxidation sites excluding steroid dienone is 1. The van der Waals surface area contributed by atoms with Gasteiger partial charge in [0.25, 0.3) is 5.91 Å². The van der Waals surface area contributed by atoms with Gasteiger partial charge >= 0.3 is 5.97 Å². The first kappa shape index (κ1) is 34.2. The van der Waals surface area contributed by atoms with Gasteiger partial charge in [-0.05, 0) is 25.1 Å². The number of fused-ring (bicyclic) bond motifs is 2. The Bertz CT molecular complexity index is 1720. The number of carboxylic acid groups (broad SMARTS) is 1. The molecular formula is C33H36FN3O5S. The highest BCUT2D eigenvalue weighted by Gasteiger charge is 2.25. The summed E-state index contributed by atoms with van der Waals surface area (Å²) >= 11 is 1.18. The van der Waals surface area contributed by atoms with E-state index in [0.29, 0.717) is 29.0 Å². The Balaban J connectivity index is 0.000000654. The minimum atomic E-state index is -1.17. The van der Waals surface area contributed by atoms with Crippen molar-refractivity contribution in [2.45, 2.75) is 34.6 Å². The summed E-state index contributed by atoms with van der Waals surface area (Å²) in [6.45, 7) is 13.2. The number of anilines is 1. The monoisotopic (exact) mass is 605 g/mol. The summed E-state index contributed by atoms with van der Waals surface area (Å²) < 4.78 is 21.2. The standard InChI is InChI=1S/C25H15N3O5S.C3H6.2C2H6.CH3F/c29-24(20-8-13-4-1-2-7-18(13)32-20)28-17-12-34-23(21(17)25(30)31)19-9-14-5-3-6-16(22(14)33-19)15-10-26-27-11-15;1-3-2;3*1-2/h1-12H,(H,26,27)(H,28,29)(H,30,31);3H,1H2,2H3;2*1-2H3;1H3. The van der Waals surface area contributed by atoms with Crippen molar-refractivity contribution in [2.75, 3.05) is 12.5 Å². The predicted molar refractivity (Wildman–Crippen MR) is 174 cm³/mol. The Labute approximate surface area is 253 Å². The molecule has 0 aliphatic rings. The van der Waals surface area contributed by atoms with Crippen molar-refractivity contribution in [1.82, 2.24) is 10.2 Å². The number of thiophene rings is 1. The van der Waals surface area contributed by atoms with Crippen molar-refractivity contribution in [3.63, 3.8) is 0 Å². The largest absolute Gasteiger partial charge is 0.478 e. The Kier molecular flexibility index (Phi) is 13.6. The number of hydrogen-bond donors (Lipinski definition) is 3. The third kappa shape index (κ3) is 7.87. The van der Waals surface area contributed by atoms with Gasteiger partial charge in [0, 0.05) is 33.5 Å². The van der Waals surface area contributed by atoms with Gasteiger partial charge in [0.15, 0.2) is 5.76 Å². The van der Waals surface area contributed by atoms with Gasteiger partial charge in [-0.2, -0.15) is 5.10 Å². The average molecular weight is 606 g/mol. The van der Waals surface area contributed by atoms with Crippen LogP contribution in [0.25, 0.3) is 43.7 Å². The van der Waals surface area contributed by atoms with Crippen LogP contribution in [0.5, 0.6) is 0 Å². The highest BCUT2D eigenvalue weighted by molar-refractivity contribution is 7.14. The van der Waals surface area contributed by atoms with Gasteiger partial charge in [0.05, 0.1) is 23.9 Å². The summed E-state index contributed by atoms with van der Waals surface area (Å²) in [7, 11) is 0.500. The molecule has 2 aromatic carbocycles. The van der Waals surface area contributed by atoms with Crippen molar-refractivity contribution in [3.05, 3.63) is 96.3 Å². The minimum absolute atomic E-state index is 0.0432. The summed E-state index contributed by atoms with van der Waals surface area (Å²) in [4.78, 5) is 25.4.